The van der Waals surface area contributed by atoms with E-state index < -0.39 is 17.7 Å². The van der Waals surface area contributed by atoms with Gasteiger partial charge in [0.1, 0.15) is 11.5 Å². The molecule has 1 aliphatic carbocycles. The molecule has 1 heterocycles. The molecule has 218 valence electrons. The van der Waals surface area contributed by atoms with Gasteiger partial charge in [-0.25, -0.2) is 4.79 Å². The fourth-order valence-electron chi connectivity index (χ4n) is 5.39. The number of anilines is 1. The number of rotatable bonds is 8. The maximum Gasteiger partial charge on any atom is 0.419 e. The zero-order chi connectivity index (χ0) is 28.9. The number of morpholine rings is 1. The van der Waals surface area contributed by atoms with Gasteiger partial charge in [0.05, 0.1) is 37.1 Å². The van der Waals surface area contributed by atoms with Crippen LogP contribution in [0.2, 0.25) is 0 Å². The molecule has 40 heavy (non-hydrogen) atoms. The average molecular weight is 563 g/mol. The molecule has 0 spiro atoms. The molecule has 2 aromatic carbocycles. The van der Waals surface area contributed by atoms with Gasteiger partial charge in [0, 0.05) is 31.6 Å². The van der Waals surface area contributed by atoms with Crippen molar-refractivity contribution in [1.82, 2.24) is 4.90 Å². The largest absolute Gasteiger partial charge is 0.465 e. The number of ether oxygens (including phenoxy) is 3. The number of alkyl halides is 3. The molecule has 2 fully saturated rings. The van der Waals surface area contributed by atoms with Crippen LogP contribution in [-0.2, 0) is 27.0 Å². The number of esters is 1. The molecule has 0 aromatic heterocycles. The van der Waals surface area contributed by atoms with E-state index in [1.54, 1.807) is 17.0 Å². The molecule has 1 saturated carbocycles. The maximum absolute atomic E-state index is 14.1. The number of hydrogen-bond donors (Lipinski definition) is 0. The molecule has 2 aliphatic rings. The van der Waals surface area contributed by atoms with Crippen LogP contribution in [0.4, 0.5) is 18.9 Å². The van der Waals surface area contributed by atoms with E-state index in [2.05, 4.69) is 0 Å². The molecule has 0 atom stereocenters. The number of carbonyl (C=O) groups is 2. The Kier molecular flexibility index (Phi) is 9.73. The summed E-state index contributed by atoms with van der Waals surface area (Å²) in [5.41, 5.74) is 0.0104. The van der Waals surface area contributed by atoms with E-state index in [9.17, 15) is 22.8 Å². The second kappa shape index (κ2) is 13.0. The van der Waals surface area contributed by atoms with Gasteiger partial charge in [-0.15, -0.1) is 0 Å². The van der Waals surface area contributed by atoms with E-state index in [1.807, 2.05) is 18.7 Å². The Hall–Kier alpha value is -3.11. The fraction of sp³-hybridized carbons (Fsp3) is 0.533. The lowest BCUT2D eigenvalue weighted by molar-refractivity contribution is -0.138. The molecule has 1 aliphatic heterocycles. The van der Waals surface area contributed by atoms with Gasteiger partial charge in [0.25, 0.3) is 0 Å². The lowest BCUT2D eigenvalue weighted by atomic mass is 9.87. The van der Waals surface area contributed by atoms with Gasteiger partial charge in [-0.2, -0.15) is 13.2 Å². The van der Waals surface area contributed by atoms with E-state index in [1.165, 1.54) is 25.3 Å². The number of methoxy groups -OCH3 is 1. The second-order valence-electron chi connectivity index (χ2n) is 10.6. The lowest BCUT2D eigenvalue weighted by Crippen LogP contribution is -2.42. The van der Waals surface area contributed by atoms with Crippen LogP contribution in [0.3, 0.4) is 0 Å². The third-order valence-corrected chi connectivity index (χ3v) is 7.43. The smallest absolute Gasteiger partial charge is 0.419 e. The SMILES string of the molecule is COC(=O)c1cc(Oc2ccc(CN3CCOCC3)cc2C(F)(F)F)ccc1N(C(=O)C1CCCCC1)C(C)C. The summed E-state index contributed by atoms with van der Waals surface area (Å²) in [6.07, 6.45) is -0.0179. The number of halogens is 3. The molecule has 0 N–H and O–H groups in total. The quantitative estimate of drug-likeness (QED) is 0.345. The van der Waals surface area contributed by atoms with E-state index in [-0.39, 0.29) is 34.9 Å². The molecular formula is C30H37F3N2O5. The van der Waals surface area contributed by atoms with E-state index >= 15 is 0 Å². The Bertz CT molecular complexity index is 1190. The summed E-state index contributed by atoms with van der Waals surface area (Å²) in [4.78, 5) is 30.0. The highest BCUT2D eigenvalue weighted by Crippen LogP contribution is 2.40. The van der Waals surface area contributed by atoms with Crippen molar-refractivity contribution in [3.63, 3.8) is 0 Å². The van der Waals surface area contributed by atoms with Crippen molar-refractivity contribution >= 4 is 17.6 Å². The Balaban J connectivity index is 1.65. The first-order valence-corrected chi connectivity index (χ1v) is 13.8. The summed E-state index contributed by atoms with van der Waals surface area (Å²) in [7, 11) is 1.22. The Morgan fingerprint density at radius 1 is 1.05 bits per heavy atom. The summed E-state index contributed by atoms with van der Waals surface area (Å²) in [5, 5.41) is 0. The van der Waals surface area contributed by atoms with E-state index in [0.717, 1.165) is 38.2 Å². The van der Waals surface area contributed by atoms with Crippen LogP contribution in [0.5, 0.6) is 11.5 Å². The Morgan fingerprint density at radius 3 is 2.38 bits per heavy atom. The van der Waals surface area contributed by atoms with Gasteiger partial charge < -0.3 is 19.1 Å². The molecule has 1 amide bonds. The van der Waals surface area contributed by atoms with Crippen LogP contribution in [0.15, 0.2) is 36.4 Å². The zero-order valence-corrected chi connectivity index (χ0v) is 23.3. The number of amides is 1. The van der Waals surface area contributed by atoms with Crippen LogP contribution < -0.4 is 9.64 Å². The molecule has 2 aromatic rings. The summed E-state index contributed by atoms with van der Waals surface area (Å²) >= 11 is 0. The van der Waals surface area contributed by atoms with E-state index in [0.29, 0.717) is 44.1 Å². The van der Waals surface area contributed by atoms with Crippen LogP contribution in [0.1, 0.15) is 67.4 Å². The number of hydrogen-bond acceptors (Lipinski definition) is 6. The standard InChI is InChI=1S/C30H37F3N2O5/c1-20(2)35(28(36)22-7-5-4-6-8-22)26-11-10-23(18-24(26)29(37)38-3)40-27-12-9-21(17-25(27)30(31,32)33)19-34-13-15-39-16-14-34/h9-12,17-18,20,22H,4-8,13-16,19H2,1-3H3. The molecule has 10 heteroatoms. The third-order valence-electron chi connectivity index (χ3n) is 7.43. The van der Waals surface area contributed by atoms with Crippen molar-refractivity contribution in [2.45, 2.75) is 64.7 Å². The summed E-state index contributed by atoms with van der Waals surface area (Å²) in [5.74, 6) is -1.25. The van der Waals surface area contributed by atoms with Crippen LogP contribution in [0.25, 0.3) is 0 Å². The first-order valence-electron chi connectivity index (χ1n) is 13.8. The fourth-order valence-corrected chi connectivity index (χ4v) is 5.39. The summed E-state index contributed by atoms with van der Waals surface area (Å²) in [6, 6.07) is 8.13. The predicted octanol–water partition coefficient (Wildman–Crippen LogP) is 6.44. The van der Waals surface area contributed by atoms with Crippen molar-refractivity contribution in [2.75, 3.05) is 38.3 Å². The molecule has 0 radical (unpaired) electrons. The average Bonchev–Trinajstić information content (AvgIpc) is 2.94. The minimum absolute atomic E-state index is 0.0319. The lowest BCUT2D eigenvalue weighted by Gasteiger charge is -2.33. The molecule has 4 rings (SSSR count). The molecular weight excluding hydrogens is 525 g/mol. The topological polar surface area (TPSA) is 68.3 Å². The summed E-state index contributed by atoms with van der Waals surface area (Å²) < 4.78 is 58.2. The monoisotopic (exact) mass is 562 g/mol. The highest BCUT2D eigenvalue weighted by atomic mass is 19.4. The number of benzene rings is 2. The van der Waals surface area contributed by atoms with Gasteiger partial charge in [-0.3, -0.25) is 9.69 Å². The molecule has 7 nitrogen and oxygen atoms in total. The van der Waals surface area contributed by atoms with Gasteiger partial charge in [-0.05, 0) is 62.6 Å². The van der Waals surface area contributed by atoms with Crippen LogP contribution in [0, 0.1) is 5.92 Å². The molecule has 0 unspecified atom stereocenters. The van der Waals surface area contributed by atoms with Crippen molar-refractivity contribution in [1.29, 1.82) is 0 Å². The van der Waals surface area contributed by atoms with E-state index in [4.69, 9.17) is 14.2 Å². The minimum Gasteiger partial charge on any atom is -0.465 e. The first-order chi connectivity index (χ1) is 19.1. The second-order valence-corrected chi connectivity index (χ2v) is 10.6. The van der Waals surface area contributed by atoms with Crippen molar-refractivity contribution in [2.24, 2.45) is 5.92 Å². The van der Waals surface area contributed by atoms with Gasteiger partial charge in [0.2, 0.25) is 5.91 Å². The van der Waals surface area contributed by atoms with Crippen LogP contribution in [-0.4, -0.2) is 56.2 Å². The highest BCUT2D eigenvalue weighted by molar-refractivity contribution is 6.04. The normalized spacial score (nSPS) is 17.1. The van der Waals surface area contributed by atoms with Crippen molar-refractivity contribution in [3.8, 4) is 11.5 Å². The van der Waals surface area contributed by atoms with Gasteiger partial charge >= 0.3 is 12.1 Å². The highest BCUT2D eigenvalue weighted by Gasteiger charge is 2.36. The van der Waals surface area contributed by atoms with Gasteiger partial charge in [0.15, 0.2) is 0 Å². The van der Waals surface area contributed by atoms with Gasteiger partial charge in [-0.1, -0.05) is 25.3 Å². The third kappa shape index (κ3) is 7.14. The predicted molar refractivity (Wildman–Crippen MR) is 145 cm³/mol. The molecule has 1 saturated heterocycles. The maximum atomic E-state index is 14.1. The minimum atomic E-state index is -4.65. The van der Waals surface area contributed by atoms with Crippen molar-refractivity contribution < 1.29 is 37.0 Å². The zero-order valence-electron chi connectivity index (χ0n) is 23.3. The van der Waals surface area contributed by atoms with Crippen molar-refractivity contribution in [3.05, 3.63) is 53.1 Å². The summed E-state index contributed by atoms with van der Waals surface area (Å²) in [6.45, 7) is 6.49. The first kappa shape index (κ1) is 29.9. The Labute approximate surface area is 233 Å². The number of nitrogens with zero attached hydrogens (tertiary/aromatic N) is 2. The number of carbonyl (C=O) groups excluding carboxylic acids is 2. The molecule has 0 bridgehead atoms. The van der Waals surface area contributed by atoms with Crippen LogP contribution >= 0.6 is 0 Å². The Morgan fingerprint density at radius 2 is 1.75 bits per heavy atom.